The summed E-state index contributed by atoms with van der Waals surface area (Å²) in [5, 5.41) is 2.29. The summed E-state index contributed by atoms with van der Waals surface area (Å²) in [6.07, 6.45) is 3.45. The molecule has 0 aliphatic heterocycles. The molecule has 2 nitrogen and oxygen atoms in total. The molecule has 0 spiro atoms. The first-order valence-corrected chi connectivity index (χ1v) is 4.62. The van der Waals surface area contributed by atoms with Crippen molar-refractivity contribution in [2.24, 2.45) is 0 Å². The van der Waals surface area contributed by atoms with Crippen molar-refractivity contribution in [3.05, 3.63) is 35.8 Å². The zero-order chi connectivity index (χ0) is 9.71. The van der Waals surface area contributed by atoms with E-state index in [1.54, 1.807) is 12.5 Å². The van der Waals surface area contributed by atoms with Gasteiger partial charge >= 0.3 is 0 Å². The molecule has 0 amide bonds. The Balaban J connectivity index is 2.72. The van der Waals surface area contributed by atoms with Gasteiger partial charge in [-0.05, 0) is 26.0 Å². The van der Waals surface area contributed by atoms with Crippen molar-refractivity contribution in [3.8, 4) is 0 Å². The van der Waals surface area contributed by atoms with E-state index in [4.69, 9.17) is 8.83 Å². The molecule has 0 radical (unpaired) electrons. The number of furan rings is 2. The quantitative estimate of drug-likeness (QED) is 0.533. The lowest BCUT2D eigenvalue weighted by atomic mass is 10.0. The highest BCUT2D eigenvalue weighted by Crippen LogP contribution is 2.32. The molecule has 0 unspecified atom stereocenters. The highest BCUT2D eigenvalue weighted by molar-refractivity contribution is 6.00. The fraction of sp³-hybridized carbons (Fsp3) is 0.167. The van der Waals surface area contributed by atoms with Crippen LogP contribution in [0.5, 0.6) is 0 Å². The van der Waals surface area contributed by atoms with Crippen LogP contribution in [0.15, 0.2) is 33.5 Å². The summed E-state index contributed by atoms with van der Waals surface area (Å²) in [7, 11) is 0. The summed E-state index contributed by atoms with van der Waals surface area (Å²) in [4.78, 5) is 0. The Bertz CT molecular complexity index is 511. The zero-order valence-corrected chi connectivity index (χ0v) is 8.13. The Morgan fingerprint density at radius 2 is 1.21 bits per heavy atom. The largest absolute Gasteiger partial charge is 0.464 e. The third-order valence-electron chi connectivity index (χ3n) is 2.82. The maximum absolute atomic E-state index is 5.47. The predicted octanol–water partition coefficient (Wildman–Crippen LogP) is 3.80. The molecule has 0 bridgehead atoms. The molecule has 0 atom stereocenters. The molecular weight excluding hydrogens is 176 g/mol. The van der Waals surface area contributed by atoms with Crippen molar-refractivity contribution in [3.63, 3.8) is 0 Å². The molecule has 1 aromatic carbocycles. The van der Waals surface area contributed by atoms with Gasteiger partial charge < -0.3 is 8.83 Å². The summed E-state index contributed by atoms with van der Waals surface area (Å²) in [6, 6.07) is 3.97. The number of fused-ring (bicyclic) bond motifs is 2. The van der Waals surface area contributed by atoms with Gasteiger partial charge in [0.15, 0.2) is 0 Å². The second kappa shape index (κ2) is 2.41. The lowest BCUT2D eigenvalue weighted by Crippen LogP contribution is -1.80. The SMILES string of the molecule is Cc1c2ccoc2c(C)c2ccoc12. The van der Waals surface area contributed by atoms with Gasteiger partial charge in [-0.3, -0.25) is 0 Å². The minimum atomic E-state index is 0.969. The van der Waals surface area contributed by atoms with E-state index in [0.29, 0.717) is 0 Å². The molecule has 2 aromatic heterocycles. The van der Waals surface area contributed by atoms with Gasteiger partial charge in [0.1, 0.15) is 11.2 Å². The molecule has 0 fully saturated rings. The molecule has 0 aliphatic carbocycles. The van der Waals surface area contributed by atoms with Crippen LogP contribution < -0.4 is 0 Å². The number of hydrogen-bond acceptors (Lipinski definition) is 2. The van der Waals surface area contributed by atoms with Gasteiger partial charge in [0, 0.05) is 21.9 Å². The van der Waals surface area contributed by atoms with Crippen LogP contribution in [0.2, 0.25) is 0 Å². The lowest BCUT2D eigenvalue weighted by molar-refractivity contribution is 0.609. The number of hydrogen-bond donors (Lipinski definition) is 0. The second-order valence-corrected chi connectivity index (χ2v) is 3.58. The Morgan fingerprint density at radius 1 is 0.786 bits per heavy atom. The first kappa shape index (κ1) is 7.68. The third-order valence-corrected chi connectivity index (χ3v) is 2.82. The smallest absolute Gasteiger partial charge is 0.137 e. The van der Waals surface area contributed by atoms with Gasteiger partial charge in [-0.1, -0.05) is 0 Å². The van der Waals surface area contributed by atoms with Crippen LogP contribution in [0.3, 0.4) is 0 Å². The van der Waals surface area contributed by atoms with E-state index in [0.717, 1.165) is 33.1 Å². The van der Waals surface area contributed by atoms with Crippen molar-refractivity contribution in [2.45, 2.75) is 13.8 Å². The first-order chi connectivity index (χ1) is 6.79. The van der Waals surface area contributed by atoms with E-state index in [-0.39, 0.29) is 0 Å². The van der Waals surface area contributed by atoms with Gasteiger partial charge in [-0.15, -0.1) is 0 Å². The minimum Gasteiger partial charge on any atom is -0.464 e. The summed E-state index contributed by atoms with van der Waals surface area (Å²) in [5.74, 6) is 0. The van der Waals surface area contributed by atoms with Crippen LogP contribution in [0.25, 0.3) is 21.9 Å². The number of benzene rings is 1. The molecule has 3 rings (SSSR count). The van der Waals surface area contributed by atoms with Gasteiger partial charge in [-0.2, -0.15) is 0 Å². The molecule has 70 valence electrons. The van der Waals surface area contributed by atoms with E-state index in [2.05, 4.69) is 13.8 Å². The lowest BCUT2D eigenvalue weighted by Gasteiger charge is -2.01. The van der Waals surface area contributed by atoms with Crippen LogP contribution in [0.1, 0.15) is 11.1 Å². The Hall–Kier alpha value is -1.70. The molecule has 3 aromatic rings. The van der Waals surface area contributed by atoms with E-state index in [1.165, 1.54) is 0 Å². The standard InChI is InChI=1S/C12H10O2/c1-7-9-3-5-14-12(9)8(2)10-4-6-13-11(7)10/h3-6H,1-2H3. The van der Waals surface area contributed by atoms with Gasteiger partial charge in [0.25, 0.3) is 0 Å². The predicted molar refractivity (Wildman–Crippen MR) is 55.5 cm³/mol. The van der Waals surface area contributed by atoms with Crippen molar-refractivity contribution in [1.82, 2.24) is 0 Å². The molecule has 14 heavy (non-hydrogen) atoms. The fourth-order valence-electron chi connectivity index (χ4n) is 2.03. The van der Waals surface area contributed by atoms with Crippen molar-refractivity contribution in [2.75, 3.05) is 0 Å². The van der Waals surface area contributed by atoms with E-state index in [1.807, 2.05) is 12.1 Å². The van der Waals surface area contributed by atoms with Crippen LogP contribution in [0.4, 0.5) is 0 Å². The van der Waals surface area contributed by atoms with Crippen LogP contribution in [-0.2, 0) is 0 Å². The average Bonchev–Trinajstić information content (AvgIpc) is 2.82. The van der Waals surface area contributed by atoms with E-state index in [9.17, 15) is 0 Å². The highest BCUT2D eigenvalue weighted by atomic mass is 16.3. The summed E-state index contributed by atoms with van der Waals surface area (Å²) >= 11 is 0. The summed E-state index contributed by atoms with van der Waals surface area (Å²) < 4.78 is 10.9. The van der Waals surface area contributed by atoms with Crippen LogP contribution >= 0.6 is 0 Å². The summed E-state index contributed by atoms with van der Waals surface area (Å²) in [5.41, 5.74) is 4.24. The van der Waals surface area contributed by atoms with Crippen molar-refractivity contribution < 1.29 is 8.83 Å². The maximum atomic E-state index is 5.47. The van der Waals surface area contributed by atoms with Gasteiger partial charge in [-0.25, -0.2) is 0 Å². The first-order valence-electron chi connectivity index (χ1n) is 4.62. The van der Waals surface area contributed by atoms with Crippen LogP contribution in [0, 0.1) is 13.8 Å². The second-order valence-electron chi connectivity index (χ2n) is 3.58. The zero-order valence-electron chi connectivity index (χ0n) is 8.13. The fourth-order valence-corrected chi connectivity index (χ4v) is 2.03. The maximum Gasteiger partial charge on any atom is 0.137 e. The molecule has 2 heterocycles. The normalized spacial score (nSPS) is 11.6. The Kier molecular flexibility index (Phi) is 1.32. The Morgan fingerprint density at radius 3 is 1.64 bits per heavy atom. The number of rotatable bonds is 0. The van der Waals surface area contributed by atoms with E-state index >= 15 is 0 Å². The monoisotopic (exact) mass is 186 g/mol. The Labute approximate surface area is 81.1 Å². The molecule has 2 heteroatoms. The van der Waals surface area contributed by atoms with E-state index < -0.39 is 0 Å². The average molecular weight is 186 g/mol. The molecule has 0 saturated carbocycles. The molecule has 0 aliphatic rings. The molecule has 0 N–H and O–H groups in total. The van der Waals surface area contributed by atoms with Gasteiger partial charge in [0.05, 0.1) is 12.5 Å². The molecular formula is C12H10O2. The summed E-state index contributed by atoms with van der Waals surface area (Å²) in [6.45, 7) is 4.12. The minimum absolute atomic E-state index is 0.969. The highest BCUT2D eigenvalue weighted by Gasteiger charge is 2.12. The van der Waals surface area contributed by atoms with Gasteiger partial charge in [0.2, 0.25) is 0 Å². The number of aryl methyl sites for hydroxylation is 2. The third kappa shape index (κ3) is 0.757. The van der Waals surface area contributed by atoms with Crippen molar-refractivity contribution in [1.29, 1.82) is 0 Å². The van der Waals surface area contributed by atoms with Crippen molar-refractivity contribution >= 4 is 21.9 Å². The topological polar surface area (TPSA) is 26.3 Å². The molecule has 0 saturated heterocycles. The van der Waals surface area contributed by atoms with Crippen LogP contribution in [-0.4, -0.2) is 0 Å².